The van der Waals surface area contributed by atoms with E-state index in [1.807, 2.05) is 54.6 Å². The first kappa shape index (κ1) is 14.1. The molecule has 1 N–H and O–H groups in total. The van der Waals surface area contributed by atoms with E-state index in [-0.39, 0.29) is 0 Å². The molecule has 3 aromatic rings. The molecular weight excluding hydrogens is 328 g/mol. The predicted octanol–water partition coefficient (Wildman–Crippen LogP) is 5.45. The minimum Gasteiger partial charge on any atom is -0.457 e. The molecule has 0 spiro atoms. The molecule has 2 nitrogen and oxygen atoms in total. The fourth-order valence-electron chi connectivity index (χ4n) is 2.30. The molecular formula is C18H15BrO2. The summed E-state index contributed by atoms with van der Waals surface area (Å²) in [4.78, 5) is 0. The van der Waals surface area contributed by atoms with Crippen molar-refractivity contribution in [2.24, 2.45) is 0 Å². The maximum Gasteiger partial charge on any atom is 0.133 e. The lowest BCUT2D eigenvalue weighted by atomic mass is 10.1. The van der Waals surface area contributed by atoms with Crippen LogP contribution in [0.25, 0.3) is 10.8 Å². The van der Waals surface area contributed by atoms with E-state index in [1.165, 1.54) is 0 Å². The maximum absolute atomic E-state index is 9.80. The largest absolute Gasteiger partial charge is 0.457 e. The van der Waals surface area contributed by atoms with E-state index in [0.717, 1.165) is 26.6 Å². The van der Waals surface area contributed by atoms with Gasteiger partial charge in [-0.05, 0) is 48.0 Å². The summed E-state index contributed by atoms with van der Waals surface area (Å²) >= 11 is 3.47. The summed E-state index contributed by atoms with van der Waals surface area (Å²) in [5.74, 6) is 1.45. The zero-order valence-electron chi connectivity index (χ0n) is 11.6. The second kappa shape index (κ2) is 5.88. The van der Waals surface area contributed by atoms with Gasteiger partial charge >= 0.3 is 0 Å². The van der Waals surface area contributed by atoms with Crippen molar-refractivity contribution in [2.75, 3.05) is 0 Å². The van der Waals surface area contributed by atoms with Gasteiger partial charge in [-0.1, -0.05) is 46.3 Å². The van der Waals surface area contributed by atoms with Crippen LogP contribution >= 0.6 is 15.9 Å². The van der Waals surface area contributed by atoms with Crippen LogP contribution in [0.2, 0.25) is 0 Å². The molecule has 106 valence electrons. The third-order valence-corrected chi connectivity index (χ3v) is 3.86. The van der Waals surface area contributed by atoms with Crippen molar-refractivity contribution >= 4 is 26.7 Å². The van der Waals surface area contributed by atoms with Crippen LogP contribution in [-0.2, 0) is 0 Å². The van der Waals surface area contributed by atoms with Gasteiger partial charge in [0, 0.05) is 10.0 Å². The van der Waals surface area contributed by atoms with Crippen LogP contribution in [0.3, 0.4) is 0 Å². The number of rotatable bonds is 3. The van der Waals surface area contributed by atoms with Gasteiger partial charge in [0.1, 0.15) is 11.5 Å². The van der Waals surface area contributed by atoms with E-state index in [9.17, 15) is 5.11 Å². The molecule has 0 aliphatic rings. The van der Waals surface area contributed by atoms with Crippen molar-refractivity contribution in [3.63, 3.8) is 0 Å². The molecule has 0 saturated heterocycles. The van der Waals surface area contributed by atoms with Crippen molar-refractivity contribution < 1.29 is 9.84 Å². The number of ether oxygens (including phenoxy) is 1. The summed E-state index contributed by atoms with van der Waals surface area (Å²) in [6, 6.07) is 19.6. The maximum atomic E-state index is 9.80. The first-order valence-electron chi connectivity index (χ1n) is 6.77. The Labute approximate surface area is 132 Å². The van der Waals surface area contributed by atoms with E-state index in [2.05, 4.69) is 22.0 Å². The van der Waals surface area contributed by atoms with Crippen molar-refractivity contribution in [3.05, 3.63) is 70.7 Å². The fraction of sp³-hybridized carbons (Fsp3) is 0.111. The standard InChI is InChI=1S/C18H15BrO2/c1-12(20)17-4-2-3-5-18(17)21-16-9-7-13-10-15(19)8-6-14(13)11-16/h2-12,20H,1H3. The van der Waals surface area contributed by atoms with Crippen molar-refractivity contribution in [3.8, 4) is 11.5 Å². The average Bonchev–Trinajstić information content (AvgIpc) is 2.48. The van der Waals surface area contributed by atoms with E-state index < -0.39 is 6.10 Å². The van der Waals surface area contributed by atoms with Gasteiger partial charge in [-0.15, -0.1) is 0 Å². The molecule has 0 aliphatic heterocycles. The van der Waals surface area contributed by atoms with Crippen LogP contribution in [0, 0.1) is 0 Å². The fourth-order valence-corrected chi connectivity index (χ4v) is 2.68. The third kappa shape index (κ3) is 3.09. The molecule has 3 heteroatoms. The Hall–Kier alpha value is -1.84. The van der Waals surface area contributed by atoms with Gasteiger partial charge in [-0.25, -0.2) is 0 Å². The van der Waals surface area contributed by atoms with Gasteiger partial charge in [0.25, 0.3) is 0 Å². The number of para-hydroxylation sites is 1. The lowest BCUT2D eigenvalue weighted by Crippen LogP contribution is -1.95. The average molecular weight is 343 g/mol. The zero-order chi connectivity index (χ0) is 14.8. The molecule has 3 aromatic carbocycles. The van der Waals surface area contributed by atoms with Crippen LogP contribution in [-0.4, -0.2) is 5.11 Å². The molecule has 0 radical (unpaired) electrons. The molecule has 0 heterocycles. The molecule has 21 heavy (non-hydrogen) atoms. The molecule has 1 unspecified atom stereocenters. The summed E-state index contributed by atoms with van der Waals surface area (Å²) in [5, 5.41) is 12.1. The Morgan fingerprint density at radius 3 is 2.48 bits per heavy atom. The second-order valence-electron chi connectivity index (χ2n) is 4.97. The van der Waals surface area contributed by atoms with E-state index in [4.69, 9.17) is 4.74 Å². The summed E-state index contributed by atoms with van der Waals surface area (Å²) in [7, 11) is 0. The molecule has 0 aromatic heterocycles. The van der Waals surface area contributed by atoms with E-state index >= 15 is 0 Å². The van der Waals surface area contributed by atoms with Gasteiger partial charge in [0.2, 0.25) is 0 Å². The third-order valence-electron chi connectivity index (χ3n) is 3.37. The summed E-state index contributed by atoms with van der Waals surface area (Å²) in [5.41, 5.74) is 0.786. The van der Waals surface area contributed by atoms with Gasteiger partial charge in [0.05, 0.1) is 6.10 Å². The Bertz CT molecular complexity index is 781. The van der Waals surface area contributed by atoms with E-state index in [1.54, 1.807) is 6.92 Å². The lowest BCUT2D eigenvalue weighted by Gasteiger charge is -2.13. The van der Waals surface area contributed by atoms with Gasteiger partial charge in [-0.2, -0.15) is 0 Å². The highest BCUT2D eigenvalue weighted by molar-refractivity contribution is 9.10. The minimum absolute atomic E-state index is 0.558. The topological polar surface area (TPSA) is 29.5 Å². The Morgan fingerprint density at radius 1 is 0.952 bits per heavy atom. The summed E-state index contributed by atoms with van der Waals surface area (Å²) < 4.78 is 7.00. The van der Waals surface area contributed by atoms with Crippen LogP contribution in [0.15, 0.2) is 65.1 Å². The highest BCUT2D eigenvalue weighted by atomic mass is 79.9. The molecule has 0 amide bonds. The first-order valence-corrected chi connectivity index (χ1v) is 7.57. The van der Waals surface area contributed by atoms with E-state index in [0.29, 0.717) is 5.75 Å². The number of benzene rings is 3. The van der Waals surface area contributed by atoms with Crippen LogP contribution in [0.5, 0.6) is 11.5 Å². The number of hydrogen-bond donors (Lipinski definition) is 1. The monoisotopic (exact) mass is 342 g/mol. The number of halogens is 1. The number of hydrogen-bond acceptors (Lipinski definition) is 2. The molecule has 0 bridgehead atoms. The normalized spacial score (nSPS) is 12.3. The smallest absolute Gasteiger partial charge is 0.133 e. The Morgan fingerprint density at radius 2 is 1.67 bits per heavy atom. The van der Waals surface area contributed by atoms with Crippen LogP contribution in [0.4, 0.5) is 0 Å². The van der Waals surface area contributed by atoms with Crippen molar-refractivity contribution in [1.82, 2.24) is 0 Å². The SMILES string of the molecule is CC(O)c1ccccc1Oc1ccc2cc(Br)ccc2c1. The van der Waals surface area contributed by atoms with Gasteiger partial charge < -0.3 is 9.84 Å². The highest BCUT2D eigenvalue weighted by Gasteiger charge is 2.09. The lowest BCUT2D eigenvalue weighted by molar-refractivity contribution is 0.195. The number of aliphatic hydroxyl groups excluding tert-OH is 1. The molecule has 0 fully saturated rings. The Kier molecular flexibility index (Phi) is 3.95. The van der Waals surface area contributed by atoms with Crippen LogP contribution in [0.1, 0.15) is 18.6 Å². The highest BCUT2D eigenvalue weighted by Crippen LogP contribution is 2.31. The van der Waals surface area contributed by atoms with Gasteiger partial charge in [0.15, 0.2) is 0 Å². The number of fused-ring (bicyclic) bond motifs is 1. The van der Waals surface area contributed by atoms with Crippen molar-refractivity contribution in [2.45, 2.75) is 13.0 Å². The molecule has 0 aliphatic carbocycles. The summed E-state index contributed by atoms with van der Waals surface area (Å²) in [6.45, 7) is 1.74. The first-order chi connectivity index (χ1) is 10.1. The molecule has 1 atom stereocenters. The number of aliphatic hydroxyl groups is 1. The Balaban J connectivity index is 1.97. The summed E-state index contributed by atoms with van der Waals surface area (Å²) in [6.07, 6.45) is -0.558. The van der Waals surface area contributed by atoms with Crippen molar-refractivity contribution in [1.29, 1.82) is 0 Å². The zero-order valence-corrected chi connectivity index (χ0v) is 13.2. The molecule has 0 saturated carbocycles. The predicted molar refractivity (Wildman–Crippen MR) is 88.8 cm³/mol. The quantitative estimate of drug-likeness (QED) is 0.685. The molecule has 3 rings (SSSR count). The van der Waals surface area contributed by atoms with Crippen LogP contribution < -0.4 is 4.74 Å². The van der Waals surface area contributed by atoms with Gasteiger partial charge in [-0.3, -0.25) is 0 Å². The second-order valence-corrected chi connectivity index (χ2v) is 5.88. The minimum atomic E-state index is -0.558.